The van der Waals surface area contributed by atoms with Crippen LogP contribution in [0.3, 0.4) is 0 Å². The highest BCUT2D eigenvalue weighted by Crippen LogP contribution is 2.32. The van der Waals surface area contributed by atoms with E-state index < -0.39 is 10.0 Å². The smallest absolute Gasteiger partial charge is 0.240 e. The van der Waals surface area contributed by atoms with E-state index in [-0.39, 0.29) is 6.04 Å². The summed E-state index contributed by atoms with van der Waals surface area (Å²) < 4.78 is 27.5. The number of benzene rings is 1. The van der Waals surface area contributed by atoms with Crippen LogP contribution in [0.2, 0.25) is 0 Å². The fourth-order valence-electron chi connectivity index (χ4n) is 3.40. The molecule has 1 saturated carbocycles. The Morgan fingerprint density at radius 3 is 2.33 bits per heavy atom. The highest BCUT2D eigenvalue weighted by molar-refractivity contribution is 7.89. The molecule has 4 nitrogen and oxygen atoms in total. The monoisotopic (exact) mass is 308 g/mol. The van der Waals surface area contributed by atoms with Crippen molar-refractivity contribution in [3.05, 3.63) is 29.8 Å². The van der Waals surface area contributed by atoms with E-state index in [2.05, 4.69) is 10.0 Å². The molecule has 0 bridgehead atoms. The summed E-state index contributed by atoms with van der Waals surface area (Å²) in [6.45, 7) is 1.60. The minimum Gasteiger partial charge on any atom is -0.315 e. The second kappa shape index (κ2) is 6.46. The quantitative estimate of drug-likeness (QED) is 0.898. The summed E-state index contributed by atoms with van der Waals surface area (Å²) in [6, 6.07) is 7.53. The SMILES string of the molecule is O=S(=O)(N[C@@H]1CCNC1)c1ccc(C2CCCCC2)cc1. The molecule has 0 aromatic heterocycles. The van der Waals surface area contributed by atoms with Gasteiger partial charge in [0, 0.05) is 12.6 Å². The average molecular weight is 308 g/mol. The zero-order valence-electron chi connectivity index (χ0n) is 12.3. The molecule has 2 N–H and O–H groups in total. The number of rotatable bonds is 4. The van der Waals surface area contributed by atoms with Crippen LogP contribution in [0.25, 0.3) is 0 Å². The van der Waals surface area contributed by atoms with Crippen molar-refractivity contribution in [3.8, 4) is 0 Å². The summed E-state index contributed by atoms with van der Waals surface area (Å²) in [4.78, 5) is 0.383. The van der Waals surface area contributed by atoms with Gasteiger partial charge in [-0.2, -0.15) is 0 Å². The predicted molar refractivity (Wildman–Crippen MR) is 83.9 cm³/mol. The van der Waals surface area contributed by atoms with E-state index in [1.54, 1.807) is 12.1 Å². The van der Waals surface area contributed by atoms with E-state index >= 15 is 0 Å². The van der Waals surface area contributed by atoms with Gasteiger partial charge in [0.1, 0.15) is 0 Å². The van der Waals surface area contributed by atoms with Crippen molar-refractivity contribution in [2.24, 2.45) is 0 Å². The van der Waals surface area contributed by atoms with Gasteiger partial charge >= 0.3 is 0 Å². The lowest BCUT2D eigenvalue weighted by Crippen LogP contribution is -2.36. The largest absolute Gasteiger partial charge is 0.315 e. The first-order valence-corrected chi connectivity index (χ1v) is 9.46. The Kier molecular flexibility index (Phi) is 4.62. The van der Waals surface area contributed by atoms with E-state index in [4.69, 9.17) is 0 Å². The second-order valence-corrected chi connectivity index (χ2v) is 7.93. The fraction of sp³-hybridized carbons (Fsp3) is 0.625. The van der Waals surface area contributed by atoms with Crippen molar-refractivity contribution in [1.29, 1.82) is 0 Å². The third-order valence-corrected chi connectivity index (χ3v) is 6.19. The fourth-order valence-corrected chi connectivity index (χ4v) is 4.67. The molecule has 0 unspecified atom stereocenters. The average Bonchev–Trinajstić information content (AvgIpc) is 3.00. The Morgan fingerprint density at radius 2 is 1.71 bits per heavy atom. The molecule has 0 amide bonds. The van der Waals surface area contributed by atoms with Crippen LogP contribution in [0.1, 0.15) is 50.0 Å². The van der Waals surface area contributed by atoms with Gasteiger partial charge in [0.25, 0.3) is 0 Å². The van der Waals surface area contributed by atoms with E-state index in [0.29, 0.717) is 10.8 Å². The molecular formula is C16H24N2O2S. The number of sulfonamides is 1. The lowest BCUT2D eigenvalue weighted by molar-refractivity contribution is 0.443. The summed E-state index contributed by atoms with van der Waals surface area (Å²) in [6.07, 6.45) is 7.25. The third-order valence-electron chi connectivity index (χ3n) is 4.65. The van der Waals surface area contributed by atoms with Crippen molar-refractivity contribution in [1.82, 2.24) is 10.0 Å². The summed E-state index contributed by atoms with van der Waals surface area (Å²) in [5.41, 5.74) is 1.29. The molecule has 1 aromatic rings. The van der Waals surface area contributed by atoms with E-state index in [9.17, 15) is 8.42 Å². The van der Waals surface area contributed by atoms with Gasteiger partial charge in [-0.15, -0.1) is 0 Å². The van der Waals surface area contributed by atoms with Gasteiger partial charge < -0.3 is 5.32 Å². The van der Waals surface area contributed by atoms with Crippen LogP contribution in [0, 0.1) is 0 Å². The van der Waals surface area contributed by atoms with Crippen molar-refractivity contribution < 1.29 is 8.42 Å². The normalized spacial score (nSPS) is 24.3. The Bertz CT molecular complexity index is 556. The number of hydrogen-bond donors (Lipinski definition) is 2. The van der Waals surface area contributed by atoms with Crippen molar-refractivity contribution in [2.75, 3.05) is 13.1 Å². The highest BCUT2D eigenvalue weighted by atomic mass is 32.2. The van der Waals surface area contributed by atoms with Crippen molar-refractivity contribution in [2.45, 2.75) is 55.4 Å². The maximum atomic E-state index is 12.3. The Hall–Kier alpha value is -0.910. The topological polar surface area (TPSA) is 58.2 Å². The molecule has 2 fully saturated rings. The van der Waals surface area contributed by atoms with E-state index in [1.165, 1.54) is 37.7 Å². The van der Waals surface area contributed by atoms with Crippen LogP contribution >= 0.6 is 0 Å². The van der Waals surface area contributed by atoms with Gasteiger partial charge in [-0.1, -0.05) is 31.4 Å². The first kappa shape index (κ1) is 15.0. The third kappa shape index (κ3) is 3.65. The first-order valence-electron chi connectivity index (χ1n) is 7.98. The Balaban J connectivity index is 1.70. The lowest BCUT2D eigenvalue weighted by Gasteiger charge is -2.22. The molecule has 1 aromatic carbocycles. The van der Waals surface area contributed by atoms with Crippen molar-refractivity contribution >= 4 is 10.0 Å². The van der Waals surface area contributed by atoms with Crippen LogP contribution in [-0.2, 0) is 10.0 Å². The number of hydrogen-bond acceptors (Lipinski definition) is 3. The van der Waals surface area contributed by atoms with Crippen LogP contribution in [0.4, 0.5) is 0 Å². The molecule has 2 aliphatic rings. The summed E-state index contributed by atoms with van der Waals surface area (Å²) in [5, 5.41) is 3.17. The summed E-state index contributed by atoms with van der Waals surface area (Å²) in [7, 11) is -3.38. The molecule has 1 aliphatic carbocycles. The molecule has 0 radical (unpaired) electrons. The Morgan fingerprint density at radius 1 is 1.00 bits per heavy atom. The van der Waals surface area contributed by atoms with Crippen LogP contribution in [0.15, 0.2) is 29.2 Å². The van der Waals surface area contributed by atoms with Gasteiger partial charge in [0.15, 0.2) is 0 Å². The molecule has 5 heteroatoms. The lowest BCUT2D eigenvalue weighted by atomic mass is 9.84. The van der Waals surface area contributed by atoms with Crippen LogP contribution < -0.4 is 10.0 Å². The van der Waals surface area contributed by atoms with Gasteiger partial charge in [0.2, 0.25) is 10.0 Å². The van der Waals surface area contributed by atoms with E-state index in [1.807, 2.05) is 12.1 Å². The minimum absolute atomic E-state index is 0.0213. The van der Waals surface area contributed by atoms with Crippen LogP contribution in [-0.4, -0.2) is 27.5 Å². The molecule has 1 aliphatic heterocycles. The van der Waals surface area contributed by atoms with Crippen LogP contribution in [0.5, 0.6) is 0 Å². The molecule has 0 spiro atoms. The molecular weight excluding hydrogens is 284 g/mol. The van der Waals surface area contributed by atoms with Gasteiger partial charge in [-0.3, -0.25) is 0 Å². The molecule has 3 rings (SSSR count). The van der Waals surface area contributed by atoms with E-state index in [0.717, 1.165) is 19.5 Å². The maximum absolute atomic E-state index is 12.3. The summed E-state index contributed by atoms with van der Waals surface area (Å²) in [5.74, 6) is 0.613. The predicted octanol–water partition coefficient (Wildman–Crippen LogP) is 2.37. The zero-order valence-corrected chi connectivity index (χ0v) is 13.2. The molecule has 1 atom stereocenters. The first-order chi connectivity index (χ1) is 10.1. The molecule has 1 heterocycles. The zero-order chi connectivity index (χ0) is 14.7. The molecule has 21 heavy (non-hydrogen) atoms. The summed E-state index contributed by atoms with van der Waals surface area (Å²) >= 11 is 0. The Labute approximate surface area is 127 Å². The standard InChI is InChI=1S/C16H24N2O2S/c19-21(20,18-15-10-11-17-12-15)16-8-6-14(7-9-16)13-4-2-1-3-5-13/h6-9,13,15,17-18H,1-5,10-12H2/t15-/m1/s1. The van der Waals surface area contributed by atoms with Gasteiger partial charge in [0.05, 0.1) is 4.90 Å². The van der Waals surface area contributed by atoms with Gasteiger partial charge in [-0.05, 0) is 49.4 Å². The molecule has 1 saturated heterocycles. The second-order valence-electron chi connectivity index (χ2n) is 6.21. The maximum Gasteiger partial charge on any atom is 0.240 e. The molecule has 116 valence electrons. The minimum atomic E-state index is -3.38. The van der Waals surface area contributed by atoms with Gasteiger partial charge in [-0.25, -0.2) is 13.1 Å². The highest BCUT2D eigenvalue weighted by Gasteiger charge is 2.23. The van der Waals surface area contributed by atoms with Crippen molar-refractivity contribution in [3.63, 3.8) is 0 Å². The number of nitrogens with one attached hydrogen (secondary N) is 2.